The number of aliphatic hydroxyl groups excluding tert-OH is 1. The van der Waals surface area contributed by atoms with Gasteiger partial charge in [-0.25, -0.2) is 0 Å². The summed E-state index contributed by atoms with van der Waals surface area (Å²) in [5.41, 5.74) is -0.938. The van der Waals surface area contributed by atoms with Gasteiger partial charge in [0.1, 0.15) is 11.6 Å². The number of nitrogens with zero attached hydrogens (tertiary/aromatic N) is 1. The molecule has 0 aromatic rings. The number of esters is 1. The lowest BCUT2D eigenvalue weighted by Gasteiger charge is -2.33. The van der Waals surface area contributed by atoms with Gasteiger partial charge in [0.05, 0.1) is 24.5 Å². The van der Waals surface area contributed by atoms with E-state index in [-0.39, 0.29) is 31.1 Å². The summed E-state index contributed by atoms with van der Waals surface area (Å²) in [5, 5.41) is 12.0. The number of rotatable bonds is 11. The minimum Gasteiger partial charge on any atom is -0.466 e. The smallest absolute Gasteiger partial charge is 0.312 e. The molecule has 3 rings (SSSR count). The molecule has 2 N–H and O–H groups in total. The van der Waals surface area contributed by atoms with E-state index in [2.05, 4.69) is 12.2 Å². The summed E-state index contributed by atoms with van der Waals surface area (Å²) in [6.07, 6.45) is 4.86. The van der Waals surface area contributed by atoms with E-state index in [1.54, 1.807) is 11.8 Å². The molecule has 5 atom stereocenters. The summed E-state index contributed by atoms with van der Waals surface area (Å²) in [6.45, 7) is 5.14. The zero-order valence-electron chi connectivity index (χ0n) is 17.5. The van der Waals surface area contributed by atoms with Crippen LogP contribution in [-0.4, -0.2) is 71.8 Å². The van der Waals surface area contributed by atoms with Crippen molar-refractivity contribution in [2.24, 2.45) is 11.8 Å². The lowest BCUT2D eigenvalue weighted by molar-refractivity contribution is -0.154. The van der Waals surface area contributed by atoms with Gasteiger partial charge in [-0.1, -0.05) is 13.3 Å². The van der Waals surface area contributed by atoms with E-state index in [0.717, 1.165) is 19.3 Å². The van der Waals surface area contributed by atoms with Gasteiger partial charge in [-0.3, -0.25) is 14.4 Å². The fourth-order valence-electron chi connectivity index (χ4n) is 5.26. The Morgan fingerprint density at radius 3 is 2.76 bits per heavy atom. The van der Waals surface area contributed by atoms with E-state index < -0.39 is 29.4 Å². The highest BCUT2D eigenvalue weighted by molar-refractivity contribution is 5.98. The van der Waals surface area contributed by atoms with Gasteiger partial charge >= 0.3 is 5.97 Å². The van der Waals surface area contributed by atoms with Crippen LogP contribution < -0.4 is 5.32 Å². The Hall–Kier alpha value is -1.67. The van der Waals surface area contributed by atoms with Crippen molar-refractivity contribution < 1.29 is 29.0 Å². The molecule has 3 saturated heterocycles. The maximum Gasteiger partial charge on any atom is 0.312 e. The molecule has 1 spiro atoms. The number of hydrogen-bond donors (Lipinski definition) is 2. The van der Waals surface area contributed by atoms with E-state index in [1.165, 1.54) is 0 Å². The van der Waals surface area contributed by atoms with Crippen LogP contribution >= 0.6 is 0 Å². The maximum atomic E-state index is 13.4. The summed E-state index contributed by atoms with van der Waals surface area (Å²) in [4.78, 5) is 40.8. The molecule has 0 aliphatic carbocycles. The molecule has 0 aromatic carbocycles. The van der Waals surface area contributed by atoms with Crippen LogP contribution in [0.3, 0.4) is 0 Å². The zero-order chi connectivity index (χ0) is 21.0. The molecule has 3 heterocycles. The van der Waals surface area contributed by atoms with Gasteiger partial charge in [0.2, 0.25) is 11.8 Å². The number of likely N-dealkylation sites (tertiary alicyclic amines) is 1. The summed E-state index contributed by atoms with van der Waals surface area (Å²) < 4.78 is 11.5. The molecule has 2 bridgehead atoms. The lowest BCUT2D eigenvalue weighted by atomic mass is 9.71. The van der Waals surface area contributed by atoms with Gasteiger partial charge in [0.15, 0.2) is 0 Å². The highest BCUT2D eigenvalue weighted by atomic mass is 16.6. The molecule has 8 heteroatoms. The molecular formula is C21H34N2O6. The van der Waals surface area contributed by atoms with Gasteiger partial charge in [0, 0.05) is 19.7 Å². The van der Waals surface area contributed by atoms with Crippen molar-refractivity contribution in [2.45, 2.75) is 76.5 Å². The van der Waals surface area contributed by atoms with Crippen molar-refractivity contribution in [1.29, 1.82) is 0 Å². The average Bonchev–Trinajstić information content (AvgIpc) is 3.33. The molecule has 2 amide bonds. The van der Waals surface area contributed by atoms with Gasteiger partial charge in [-0.05, 0) is 45.4 Å². The van der Waals surface area contributed by atoms with Crippen LogP contribution in [0.1, 0.15) is 58.8 Å². The normalized spacial score (nSPS) is 32.5. The third-order valence-corrected chi connectivity index (χ3v) is 6.49. The number of hydrogen-bond acceptors (Lipinski definition) is 6. The fourth-order valence-corrected chi connectivity index (χ4v) is 5.26. The van der Waals surface area contributed by atoms with E-state index >= 15 is 0 Å². The zero-order valence-corrected chi connectivity index (χ0v) is 17.5. The van der Waals surface area contributed by atoms with Gasteiger partial charge < -0.3 is 24.8 Å². The van der Waals surface area contributed by atoms with Crippen LogP contribution in [0.2, 0.25) is 0 Å². The van der Waals surface area contributed by atoms with Gasteiger partial charge in [-0.2, -0.15) is 0 Å². The van der Waals surface area contributed by atoms with Crippen molar-refractivity contribution in [3.63, 3.8) is 0 Å². The molecular weight excluding hydrogens is 376 g/mol. The Kier molecular flexibility index (Phi) is 7.16. The van der Waals surface area contributed by atoms with Crippen LogP contribution in [-0.2, 0) is 23.9 Å². The van der Waals surface area contributed by atoms with Crippen LogP contribution in [0.15, 0.2) is 0 Å². The van der Waals surface area contributed by atoms with Crippen LogP contribution in [0.25, 0.3) is 0 Å². The van der Waals surface area contributed by atoms with Crippen LogP contribution in [0.5, 0.6) is 0 Å². The number of ether oxygens (including phenoxy) is 2. The highest BCUT2D eigenvalue weighted by Gasteiger charge is 2.74. The predicted molar refractivity (Wildman–Crippen MR) is 105 cm³/mol. The molecule has 0 unspecified atom stereocenters. The van der Waals surface area contributed by atoms with Crippen molar-refractivity contribution >= 4 is 17.8 Å². The molecule has 3 aliphatic rings. The number of aliphatic hydroxyl groups is 1. The highest BCUT2D eigenvalue weighted by Crippen LogP contribution is 2.58. The topological polar surface area (TPSA) is 105 Å². The number of amides is 2. The van der Waals surface area contributed by atoms with E-state index in [0.29, 0.717) is 38.8 Å². The Morgan fingerprint density at radius 1 is 1.28 bits per heavy atom. The molecule has 3 aliphatic heterocycles. The first-order valence-electron chi connectivity index (χ1n) is 11.0. The average molecular weight is 411 g/mol. The third kappa shape index (κ3) is 3.89. The summed E-state index contributed by atoms with van der Waals surface area (Å²) >= 11 is 0. The molecule has 8 nitrogen and oxygen atoms in total. The van der Waals surface area contributed by atoms with Crippen LogP contribution in [0, 0.1) is 11.8 Å². The monoisotopic (exact) mass is 410 g/mol. The molecule has 0 radical (unpaired) electrons. The Morgan fingerprint density at radius 2 is 2.07 bits per heavy atom. The van der Waals surface area contributed by atoms with E-state index in [4.69, 9.17) is 14.6 Å². The molecule has 29 heavy (non-hydrogen) atoms. The number of fused-ring (bicyclic) bond motifs is 1. The van der Waals surface area contributed by atoms with Crippen molar-refractivity contribution in [1.82, 2.24) is 10.2 Å². The third-order valence-electron chi connectivity index (χ3n) is 6.49. The quantitative estimate of drug-likeness (QED) is 0.389. The minimum absolute atomic E-state index is 0.108. The Balaban J connectivity index is 1.85. The maximum absolute atomic E-state index is 13.4. The fraction of sp³-hybridized carbons (Fsp3) is 0.857. The first kappa shape index (κ1) is 22.0. The van der Waals surface area contributed by atoms with E-state index in [9.17, 15) is 14.4 Å². The van der Waals surface area contributed by atoms with Crippen LogP contribution in [0.4, 0.5) is 0 Å². The lowest BCUT2D eigenvalue weighted by Crippen LogP contribution is -2.55. The molecule has 0 saturated carbocycles. The number of carbonyl (C=O) groups excluding carboxylic acids is 3. The minimum atomic E-state index is -0.938. The standard InChI is InChI=1S/C21H34N2O6/c1-3-5-11-22-18(25)17-21-10-9-14(29-21)15(20(27)28-4-2)16(21)19(26)23(17)12-7-6-8-13-24/h14-17,24H,3-13H2,1-2H3,(H,22,25)/t14-,15+,16+,17-,21+/m0/s1. The molecule has 164 valence electrons. The summed E-state index contributed by atoms with van der Waals surface area (Å²) in [6, 6.07) is -0.713. The molecule has 3 fully saturated rings. The van der Waals surface area contributed by atoms with Crippen molar-refractivity contribution in [2.75, 3.05) is 26.3 Å². The largest absolute Gasteiger partial charge is 0.466 e. The van der Waals surface area contributed by atoms with Crippen molar-refractivity contribution in [3.8, 4) is 0 Å². The Labute approximate surface area is 172 Å². The first-order chi connectivity index (χ1) is 14.0. The second kappa shape index (κ2) is 9.43. The summed E-state index contributed by atoms with van der Waals surface area (Å²) in [5.74, 6) is -2.05. The SMILES string of the molecule is CCCCNC(=O)[C@@H]1N(CCCCCO)C(=O)[C@H]2[C@H](C(=O)OCC)[C@@H]3CC[C@]12O3. The molecule has 0 aromatic heterocycles. The Bertz CT molecular complexity index is 626. The van der Waals surface area contributed by atoms with Gasteiger partial charge in [-0.15, -0.1) is 0 Å². The van der Waals surface area contributed by atoms with Gasteiger partial charge in [0.25, 0.3) is 0 Å². The first-order valence-corrected chi connectivity index (χ1v) is 11.0. The van der Waals surface area contributed by atoms with Crippen molar-refractivity contribution in [3.05, 3.63) is 0 Å². The predicted octanol–water partition coefficient (Wildman–Crippen LogP) is 1.00. The number of unbranched alkanes of at least 4 members (excludes halogenated alkanes) is 3. The summed E-state index contributed by atoms with van der Waals surface area (Å²) in [7, 11) is 0. The van der Waals surface area contributed by atoms with E-state index in [1.807, 2.05) is 0 Å². The number of carbonyl (C=O) groups is 3. The second-order valence-corrected chi connectivity index (χ2v) is 8.27. The second-order valence-electron chi connectivity index (χ2n) is 8.27. The number of nitrogens with one attached hydrogen (secondary N) is 1.